The SMILES string of the molecule is CC1(C)CCC(C)(C)c2c(N(c3ccccc3)c3ccc4c(c3)Oc3c(-c5ccccc5)cccc3C43C4CC5CC6CC3C64C5)cccc21. The highest BCUT2D eigenvalue weighted by atomic mass is 16.5. The zero-order valence-electron chi connectivity index (χ0n) is 29.9. The summed E-state index contributed by atoms with van der Waals surface area (Å²) in [5.41, 5.74) is 12.8. The topological polar surface area (TPSA) is 12.5 Å². The van der Waals surface area contributed by atoms with Gasteiger partial charge >= 0.3 is 0 Å². The largest absolute Gasteiger partial charge is 0.456 e. The van der Waals surface area contributed by atoms with E-state index in [4.69, 9.17) is 4.74 Å². The van der Waals surface area contributed by atoms with Crippen LogP contribution in [-0.2, 0) is 16.2 Å². The molecule has 6 atom stereocenters. The van der Waals surface area contributed by atoms with Gasteiger partial charge in [0.05, 0.1) is 5.69 Å². The average molecular weight is 654 g/mol. The van der Waals surface area contributed by atoms with E-state index in [1.165, 1.54) is 89.0 Å². The summed E-state index contributed by atoms with van der Waals surface area (Å²) in [6.07, 6.45) is 8.06. The van der Waals surface area contributed by atoms with Gasteiger partial charge in [-0.15, -0.1) is 0 Å². The zero-order chi connectivity index (χ0) is 33.6. The molecule has 250 valence electrons. The molecular weight excluding hydrogens is 607 g/mol. The highest BCUT2D eigenvalue weighted by Crippen LogP contribution is 2.89. The molecule has 1 aliphatic heterocycles. The highest BCUT2D eigenvalue weighted by molar-refractivity contribution is 5.83. The molecular formula is C48H47NO. The monoisotopic (exact) mass is 653 g/mol. The van der Waals surface area contributed by atoms with Crippen LogP contribution in [0.3, 0.4) is 0 Å². The Morgan fingerprint density at radius 3 is 2.14 bits per heavy atom. The Balaban J connectivity index is 1.14. The van der Waals surface area contributed by atoms with E-state index in [0.717, 1.165) is 23.3 Å². The van der Waals surface area contributed by atoms with Crippen molar-refractivity contribution in [3.05, 3.63) is 138 Å². The van der Waals surface area contributed by atoms with Crippen LogP contribution in [0.4, 0.5) is 17.1 Å². The van der Waals surface area contributed by atoms with E-state index < -0.39 is 0 Å². The molecule has 0 radical (unpaired) electrons. The van der Waals surface area contributed by atoms with E-state index in [0.29, 0.717) is 17.3 Å². The number of rotatable bonds is 4. The summed E-state index contributed by atoms with van der Waals surface area (Å²) in [5.74, 6) is 5.43. The van der Waals surface area contributed by atoms with Crippen LogP contribution in [0.5, 0.6) is 11.5 Å². The molecule has 0 saturated heterocycles. The van der Waals surface area contributed by atoms with Crippen molar-refractivity contribution in [3.8, 4) is 22.6 Å². The van der Waals surface area contributed by atoms with Crippen molar-refractivity contribution in [2.75, 3.05) is 4.90 Å². The third kappa shape index (κ3) is 3.51. The Bertz CT molecular complexity index is 2200. The van der Waals surface area contributed by atoms with Gasteiger partial charge in [0.1, 0.15) is 11.5 Å². The van der Waals surface area contributed by atoms with E-state index >= 15 is 0 Å². The van der Waals surface area contributed by atoms with Crippen LogP contribution in [-0.4, -0.2) is 0 Å². The molecule has 1 heterocycles. The van der Waals surface area contributed by atoms with Gasteiger partial charge in [0, 0.05) is 39.5 Å². The minimum Gasteiger partial charge on any atom is -0.456 e. The van der Waals surface area contributed by atoms with Gasteiger partial charge in [0.15, 0.2) is 0 Å². The predicted molar refractivity (Wildman–Crippen MR) is 204 cm³/mol. The van der Waals surface area contributed by atoms with Gasteiger partial charge in [-0.25, -0.2) is 0 Å². The second kappa shape index (κ2) is 9.72. The standard InChI is InChI=1S/C48H47NO/c1-45(2)23-24-46(3,4)43-37(45)18-12-20-39(43)49(33-15-9-6-10-16-33)34-21-22-36-40(28-34)50-44-35(31-13-7-5-8-14-31)17-11-19-38(44)48(36)41-26-30-25-32-27-42(48)47(32,41)29-30/h5-22,28,30,32,41-42H,23-27,29H2,1-4H3. The van der Waals surface area contributed by atoms with E-state index in [9.17, 15) is 0 Å². The van der Waals surface area contributed by atoms with Crippen molar-refractivity contribution < 1.29 is 4.74 Å². The molecule has 4 saturated carbocycles. The summed E-state index contributed by atoms with van der Waals surface area (Å²) >= 11 is 0. The van der Waals surface area contributed by atoms with Crippen LogP contribution in [0.25, 0.3) is 11.1 Å². The van der Waals surface area contributed by atoms with Gasteiger partial charge in [-0.3, -0.25) is 0 Å². The lowest BCUT2D eigenvalue weighted by atomic mass is 9.26. The number of benzene rings is 5. The van der Waals surface area contributed by atoms with Crippen LogP contribution in [0.1, 0.15) is 88.5 Å². The minimum atomic E-state index is 0.0351. The Morgan fingerprint density at radius 1 is 0.620 bits per heavy atom. The van der Waals surface area contributed by atoms with E-state index in [-0.39, 0.29) is 16.2 Å². The number of fused-ring (bicyclic) bond motifs is 8. The number of hydrogen-bond donors (Lipinski definition) is 0. The molecule has 5 aromatic carbocycles. The fourth-order valence-corrected chi connectivity index (χ4v) is 13.0. The summed E-state index contributed by atoms with van der Waals surface area (Å²) in [6, 6.07) is 43.3. The summed E-state index contributed by atoms with van der Waals surface area (Å²) in [6.45, 7) is 9.75. The molecule has 5 aromatic rings. The maximum atomic E-state index is 7.31. The van der Waals surface area contributed by atoms with Gasteiger partial charge in [-0.05, 0) is 119 Å². The molecule has 0 aromatic heterocycles. The fourth-order valence-electron chi connectivity index (χ4n) is 13.0. The summed E-state index contributed by atoms with van der Waals surface area (Å²) in [4.78, 5) is 2.52. The van der Waals surface area contributed by atoms with Crippen molar-refractivity contribution in [1.82, 2.24) is 0 Å². The molecule has 0 amide bonds. The smallest absolute Gasteiger partial charge is 0.139 e. The molecule has 5 aliphatic carbocycles. The number of hydrogen-bond acceptors (Lipinski definition) is 2. The third-order valence-corrected chi connectivity index (χ3v) is 15.0. The Hall–Kier alpha value is -4.30. The quantitative estimate of drug-likeness (QED) is 0.191. The van der Waals surface area contributed by atoms with Crippen LogP contribution < -0.4 is 9.64 Å². The van der Waals surface area contributed by atoms with Crippen LogP contribution in [0, 0.1) is 29.1 Å². The van der Waals surface area contributed by atoms with Gasteiger partial charge in [-0.2, -0.15) is 0 Å². The van der Waals surface area contributed by atoms with Crippen molar-refractivity contribution in [2.24, 2.45) is 29.1 Å². The normalized spacial score (nSPS) is 31.0. The molecule has 50 heavy (non-hydrogen) atoms. The van der Waals surface area contributed by atoms with Crippen LogP contribution in [0.15, 0.2) is 115 Å². The first-order valence-electron chi connectivity index (χ1n) is 19.2. The van der Waals surface area contributed by atoms with Crippen molar-refractivity contribution >= 4 is 17.1 Å². The lowest BCUT2D eigenvalue weighted by molar-refractivity contribution is -0.235. The van der Waals surface area contributed by atoms with Crippen LogP contribution in [0.2, 0.25) is 0 Å². The first-order valence-corrected chi connectivity index (χ1v) is 19.2. The molecule has 2 nitrogen and oxygen atoms in total. The summed E-state index contributed by atoms with van der Waals surface area (Å²) in [7, 11) is 0. The Morgan fingerprint density at radius 2 is 1.34 bits per heavy atom. The number of para-hydroxylation sites is 2. The van der Waals surface area contributed by atoms with Gasteiger partial charge in [0.2, 0.25) is 0 Å². The summed E-state index contributed by atoms with van der Waals surface area (Å²) in [5, 5.41) is 0. The third-order valence-electron chi connectivity index (χ3n) is 15.0. The second-order valence-corrected chi connectivity index (χ2v) is 18.0. The first kappa shape index (κ1) is 29.4. The summed E-state index contributed by atoms with van der Waals surface area (Å²) < 4.78 is 7.31. The lowest BCUT2D eigenvalue weighted by Crippen LogP contribution is -2.74. The Kier molecular flexibility index (Phi) is 5.72. The number of nitrogens with zero attached hydrogens (tertiary/aromatic N) is 1. The van der Waals surface area contributed by atoms with E-state index in [1.807, 2.05) is 0 Å². The van der Waals surface area contributed by atoms with Gasteiger partial charge in [-0.1, -0.05) is 113 Å². The molecule has 2 bridgehead atoms. The molecule has 4 fully saturated rings. The minimum absolute atomic E-state index is 0.0351. The number of ether oxygens (including phenoxy) is 1. The van der Waals surface area contributed by atoms with Crippen molar-refractivity contribution in [1.29, 1.82) is 0 Å². The molecule has 6 unspecified atom stereocenters. The highest BCUT2D eigenvalue weighted by Gasteiger charge is 2.84. The maximum absolute atomic E-state index is 7.31. The second-order valence-electron chi connectivity index (χ2n) is 18.0. The van der Waals surface area contributed by atoms with Crippen molar-refractivity contribution in [3.63, 3.8) is 0 Å². The fraction of sp³-hybridized carbons (Fsp3) is 0.375. The molecule has 2 heteroatoms. The lowest BCUT2D eigenvalue weighted by Gasteiger charge is -2.77. The number of anilines is 3. The zero-order valence-corrected chi connectivity index (χ0v) is 29.9. The molecule has 11 rings (SSSR count). The van der Waals surface area contributed by atoms with Gasteiger partial charge < -0.3 is 9.64 Å². The average Bonchev–Trinajstić information content (AvgIpc) is 3.66. The van der Waals surface area contributed by atoms with Crippen LogP contribution >= 0.6 is 0 Å². The molecule has 2 spiro atoms. The van der Waals surface area contributed by atoms with Gasteiger partial charge in [0.25, 0.3) is 0 Å². The predicted octanol–water partition coefficient (Wildman–Crippen LogP) is 12.6. The molecule has 0 N–H and O–H groups in total. The van der Waals surface area contributed by atoms with Crippen molar-refractivity contribution in [2.45, 2.75) is 82.5 Å². The molecule has 6 aliphatic rings. The first-order chi connectivity index (χ1) is 24.2. The maximum Gasteiger partial charge on any atom is 0.139 e. The van der Waals surface area contributed by atoms with E-state index in [2.05, 4.69) is 148 Å². The van der Waals surface area contributed by atoms with E-state index in [1.54, 1.807) is 0 Å². The Labute approximate surface area is 297 Å².